The number of benzene rings is 3. The third-order valence-corrected chi connectivity index (χ3v) is 9.13. The predicted octanol–water partition coefficient (Wildman–Crippen LogP) is 7.31. The van der Waals surface area contributed by atoms with Crippen LogP contribution in [0.25, 0.3) is 33.4 Å². The number of Topliss-reactive ketones (excluding diaryl/α,β-unsaturated/α-hetero) is 1. The molecule has 1 aliphatic heterocycles. The molecule has 3 heterocycles. The monoisotopic (exact) mass is 643 g/mol. The van der Waals surface area contributed by atoms with Crippen molar-refractivity contribution in [1.29, 1.82) is 0 Å². The third-order valence-electron chi connectivity index (χ3n) is 9.13. The van der Waals surface area contributed by atoms with Crippen LogP contribution in [0.15, 0.2) is 90.1 Å². The van der Waals surface area contributed by atoms with E-state index < -0.39 is 0 Å². The predicted molar refractivity (Wildman–Crippen MR) is 190 cm³/mol. The Morgan fingerprint density at radius 1 is 0.854 bits per heavy atom. The molecule has 0 amide bonds. The molecule has 1 fully saturated rings. The molecule has 0 atom stereocenters. The van der Waals surface area contributed by atoms with E-state index in [-0.39, 0.29) is 23.2 Å². The molecule has 8 nitrogen and oxygen atoms in total. The van der Waals surface area contributed by atoms with Crippen LogP contribution < -0.4 is 20.6 Å². The van der Waals surface area contributed by atoms with Crippen LogP contribution in [-0.4, -0.2) is 42.8 Å². The minimum Gasteiger partial charge on any atom is -0.493 e. The number of hydrogen-bond donors (Lipinski definition) is 1. The van der Waals surface area contributed by atoms with Crippen LogP contribution in [0.2, 0.25) is 0 Å². The van der Waals surface area contributed by atoms with Gasteiger partial charge in [0.2, 0.25) is 0 Å². The summed E-state index contributed by atoms with van der Waals surface area (Å²) >= 11 is 0. The van der Waals surface area contributed by atoms with Crippen LogP contribution in [0.3, 0.4) is 0 Å². The number of anilines is 1. The zero-order valence-electron chi connectivity index (χ0n) is 27.9. The van der Waals surface area contributed by atoms with E-state index in [4.69, 9.17) is 19.9 Å². The highest BCUT2D eigenvalue weighted by Crippen LogP contribution is 2.36. The maximum Gasteiger partial charge on any atom is 0.200 e. The second-order valence-electron chi connectivity index (χ2n) is 12.5. The van der Waals surface area contributed by atoms with E-state index in [1.165, 1.54) is 0 Å². The van der Waals surface area contributed by atoms with E-state index in [9.17, 15) is 9.59 Å². The molecule has 246 valence electrons. The molecule has 3 aromatic carbocycles. The third kappa shape index (κ3) is 7.04. The molecular formula is C40H41N3O5. The Morgan fingerprint density at radius 3 is 2.29 bits per heavy atom. The number of nitrogen functional groups attached to an aromatic ring is 1. The van der Waals surface area contributed by atoms with E-state index >= 15 is 0 Å². The number of aryl methyl sites for hydroxylation is 2. The lowest BCUT2D eigenvalue weighted by Crippen LogP contribution is -2.25. The summed E-state index contributed by atoms with van der Waals surface area (Å²) in [5.74, 6) is 1.89. The summed E-state index contributed by atoms with van der Waals surface area (Å²) in [6.07, 6.45) is 7.39. The molecule has 0 aliphatic carbocycles. The Balaban J connectivity index is 1.29. The fourth-order valence-electron chi connectivity index (χ4n) is 6.38. The number of nitrogens with two attached hydrogens (primary N) is 1. The van der Waals surface area contributed by atoms with E-state index in [1.54, 1.807) is 26.6 Å². The number of pyridine rings is 2. The minimum absolute atomic E-state index is 0.102. The van der Waals surface area contributed by atoms with Gasteiger partial charge in [-0.2, -0.15) is 0 Å². The Morgan fingerprint density at radius 2 is 1.58 bits per heavy atom. The molecule has 8 heteroatoms. The van der Waals surface area contributed by atoms with Crippen molar-refractivity contribution in [3.63, 3.8) is 0 Å². The SMILES string of the molecule is COc1ccc(-c2cnc(N)c(-c3ccc(CC(=O)c4cn(CC5CCOCC5)cc(-c5ccc(C)cc5)c4=O)cc3C)c2)cc1OC. The van der Waals surface area contributed by atoms with Crippen molar-refractivity contribution in [2.24, 2.45) is 5.92 Å². The smallest absolute Gasteiger partial charge is 0.200 e. The molecule has 0 bridgehead atoms. The zero-order chi connectivity index (χ0) is 33.8. The summed E-state index contributed by atoms with van der Waals surface area (Å²) in [7, 11) is 3.21. The largest absolute Gasteiger partial charge is 0.493 e. The topological polar surface area (TPSA) is 106 Å². The molecule has 48 heavy (non-hydrogen) atoms. The number of ketones is 1. The van der Waals surface area contributed by atoms with Gasteiger partial charge in [0.05, 0.1) is 19.8 Å². The first-order valence-electron chi connectivity index (χ1n) is 16.2. The van der Waals surface area contributed by atoms with E-state index in [2.05, 4.69) is 4.98 Å². The Labute approximate surface area is 281 Å². The molecular weight excluding hydrogens is 602 g/mol. The van der Waals surface area contributed by atoms with Gasteiger partial charge in [-0.3, -0.25) is 9.59 Å². The molecule has 0 radical (unpaired) electrons. The standard InChI is InChI=1S/C40H41N3O5/c1-25-5-8-29(9-6-25)34-23-43(22-27-13-15-48-16-14-27)24-35(39(34)45)36(44)18-28-7-11-32(26(2)17-28)33-19-31(21-42-40(33)41)30-10-12-37(46-3)38(20-30)47-4/h5-12,17,19-21,23-24,27H,13-16,18,22H2,1-4H3,(H2,41,42). The van der Waals surface area contributed by atoms with Crippen molar-refractivity contribution in [3.8, 4) is 44.9 Å². The summed E-state index contributed by atoms with van der Waals surface area (Å²) in [5.41, 5.74) is 14.1. The Hall–Kier alpha value is -5.21. The van der Waals surface area contributed by atoms with E-state index in [0.717, 1.165) is 77.1 Å². The summed E-state index contributed by atoms with van der Waals surface area (Å²) < 4.78 is 18.5. The van der Waals surface area contributed by atoms with E-state index in [1.807, 2.05) is 91.3 Å². The van der Waals surface area contributed by atoms with E-state index in [0.29, 0.717) is 28.8 Å². The minimum atomic E-state index is -0.244. The summed E-state index contributed by atoms with van der Waals surface area (Å²) in [6.45, 7) is 6.21. The van der Waals surface area contributed by atoms with Crippen LogP contribution in [0.5, 0.6) is 11.5 Å². The fraction of sp³-hybridized carbons (Fsp3) is 0.275. The molecule has 0 unspecified atom stereocenters. The molecule has 0 spiro atoms. The lowest BCUT2D eigenvalue weighted by Gasteiger charge is -2.23. The maximum atomic E-state index is 13.9. The van der Waals surface area contributed by atoms with Gasteiger partial charge >= 0.3 is 0 Å². The van der Waals surface area contributed by atoms with Crippen molar-refractivity contribution < 1.29 is 19.0 Å². The molecule has 0 saturated carbocycles. The van der Waals surface area contributed by atoms with Gasteiger partial charge in [0.25, 0.3) is 0 Å². The highest BCUT2D eigenvalue weighted by Gasteiger charge is 2.20. The van der Waals surface area contributed by atoms with Gasteiger partial charge in [-0.05, 0) is 78.6 Å². The molecule has 6 rings (SSSR count). The Kier molecular flexibility index (Phi) is 9.73. The number of nitrogens with zero attached hydrogens (tertiary/aromatic N) is 2. The first kappa shape index (κ1) is 32.7. The molecule has 1 aliphatic rings. The highest BCUT2D eigenvalue weighted by atomic mass is 16.5. The fourth-order valence-corrected chi connectivity index (χ4v) is 6.38. The van der Waals surface area contributed by atoms with Crippen LogP contribution >= 0.6 is 0 Å². The molecule has 2 aromatic heterocycles. The van der Waals surface area contributed by atoms with Crippen molar-refractivity contribution in [1.82, 2.24) is 9.55 Å². The molecule has 1 saturated heterocycles. The Bertz CT molecular complexity index is 2010. The highest BCUT2D eigenvalue weighted by molar-refractivity contribution is 5.98. The summed E-state index contributed by atoms with van der Waals surface area (Å²) in [4.78, 5) is 32.2. The lowest BCUT2D eigenvalue weighted by molar-refractivity contribution is 0.0612. The second-order valence-corrected chi connectivity index (χ2v) is 12.5. The van der Waals surface area contributed by atoms with Crippen molar-refractivity contribution in [2.75, 3.05) is 33.2 Å². The number of hydrogen-bond acceptors (Lipinski definition) is 7. The normalized spacial score (nSPS) is 13.3. The number of rotatable bonds is 10. The van der Waals surface area contributed by atoms with Gasteiger partial charge in [-0.1, -0.05) is 54.1 Å². The van der Waals surface area contributed by atoms with Gasteiger partial charge < -0.3 is 24.5 Å². The quantitative estimate of drug-likeness (QED) is 0.159. The first-order chi connectivity index (χ1) is 23.2. The second kappa shape index (κ2) is 14.3. The van der Waals surface area contributed by atoms with Crippen molar-refractivity contribution in [2.45, 2.75) is 39.7 Å². The number of carbonyl (C=O) groups is 1. The number of aromatic nitrogens is 2. The average molecular weight is 644 g/mol. The van der Waals surface area contributed by atoms with Crippen molar-refractivity contribution >= 4 is 11.6 Å². The van der Waals surface area contributed by atoms with Gasteiger partial charge in [-0.25, -0.2) is 4.98 Å². The van der Waals surface area contributed by atoms with Gasteiger partial charge in [0.15, 0.2) is 22.7 Å². The lowest BCUT2D eigenvalue weighted by atomic mass is 9.94. The zero-order valence-corrected chi connectivity index (χ0v) is 27.9. The average Bonchev–Trinajstić information content (AvgIpc) is 3.10. The number of methoxy groups -OCH3 is 2. The summed E-state index contributed by atoms with van der Waals surface area (Å²) in [5, 5.41) is 0. The molecule has 5 aromatic rings. The molecule has 2 N–H and O–H groups in total. The van der Waals surface area contributed by atoms with Crippen LogP contribution in [0.1, 0.15) is 39.9 Å². The van der Waals surface area contributed by atoms with Crippen LogP contribution in [-0.2, 0) is 17.7 Å². The number of carbonyl (C=O) groups excluding carboxylic acids is 1. The van der Waals surface area contributed by atoms with Crippen molar-refractivity contribution in [3.05, 3.63) is 118 Å². The van der Waals surface area contributed by atoms with Gasteiger partial charge in [0.1, 0.15) is 5.82 Å². The first-order valence-corrected chi connectivity index (χ1v) is 16.2. The van der Waals surface area contributed by atoms with Crippen LogP contribution in [0, 0.1) is 19.8 Å². The maximum absolute atomic E-state index is 13.9. The van der Waals surface area contributed by atoms with Gasteiger partial charge in [0, 0.05) is 61.5 Å². The van der Waals surface area contributed by atoms with Gasteiger partial charge in [-0.15, -0.1) is 0 Å². The summed E-state index contributed by atoms with van der Waals surface area (Å²) in [6, 6.07) is 21.5. The number of ether oxygens (including phenoxy) is 3. The van der Waals surface area contributed by atoms with Crippen LogP contribution in [0.4, 0.5) is 5.82 Å².